The van der Waals surface area contributed by atoms with Crippen molar-refractivity contribution in [1.29, 1.82) is 0 Å². The standard InChI is InChI=1S/C11H13BrClN3S/c12-7-5-9(13)11(15-6-7)16(8-1-2-8)4-3-10(14)17/h5-6,8H,1-4H2,(H2,14,17). The normalized spacial score (nSPS) is 14.7. The maximum atomic E-state index is 6.21. The van der Waals surface area contributed by atoms with Crippen molar-refractivity contribution in [3.05, 3.63) is 21.8 Å². The van der Waals surface area contributed by atoms with E-state index in [-0.39, 0.29) is 0 Å². The Hall–Kier alpha value is -0.390. The maximum absolute atomic E-state index is 6.21. The molecule has 6 heteroatoms. The van der Waals surface area contributed by atoms with Gasteiger partial charge in [-0.2, -0.15) is 0 Å². The third-order valence-corrected chi connectivity index (χ3v) is 3.56. The fourth-order valence-electron chi connectivity index (χ4n) is 1.70. The second-order valence-corrected chi connectivity index (χ2v) is 5.95. The topological polar surface area (TPSA) is 42.1 Å². The molecule has 1 aliphatic carbocycles. The quantitative estimate of drug-likeness (QED) is 0.840. The fraction of sp³-hybridized carbons (Fsp3) is 0.455. The lowest BCUT2D eigenvalue weighted by Crippen LogP contribution is -2.30. The van der Waals surface area contributed by atoms with Crippen molar-refractivity contribution in [2.75, 3.05) is 11.4 Å². The van der Waals surface area contributed by atoms with Gasteiger partial charge in [0.15, 0.2) is 0 Å². The molecule has 1 aromatic rings. The van der Waals surface area contributed by atoms with Crippen LogP contribution in [0.15, 0.2) is 16.7 Å². The molecule has 0 saturated heterocycles. The van der Waals surface area contributed by atoms with E-state index < -0.39 is 0 Å². The van der Waals surface area contributed by atoms with Crippen LogP contribution in [-0.2, 0) is 0 Å². The molecule has 1 aromatic heterocycles. The number of rotatable bonds is 5. The SMILES string of the molecule is NC(=S)CCN(c1ncc(Br)cc1Cl)C1CC1. The number of thiocarbonyl (C=S) groups is 1. The van der Waals surface area contributed by atoms with Gasteiger partial charge in [0.2, 0.25) is 0 Å². The number of nitrogens with two attached hydrogens (primary N) is 1. The van der Waals surface area contributed by atoms with Crippen molar-refractivity contribution in [2.45, 2.75) is 25.3 Å². The highest BCUT2D eigenvalue weighted by Gasteiger charge is 2.30. The summed E-state index contributed by atoms with van der Waals surface area (Å²) in [6, 6.07) is 2.40. The highest BCUT2D eigenvalue weighted by Crippen LogP contribution is 2.35. The Balaban J connectivity index is 2.17. The van der Waals surface area contributed by atoms with E-state index in [0.29, 0.717) is 22.5 Å². The largest absolute Gasteiger partial charge is 0.393 e. The van der Waals surface area contributed by atoms with Crippen molar-refractivity contribution < 1.29 is 0 Å². The number of hydrogen-bond donors (Lipinski definition) is 1. The molecule has 0 atom stereocenters. The number of pyridine rings is 1. The van der Waals surface area contributed by atoms with Gasteiger partial charge in [-0.05, 0) is 34.8 Å². The van der Waals surface area contributed by atoms with E-state index in [1.54, 1.807) is 6.20 Å². The van der Waals surface area contributed by atoms with Crippen LogP contribution >= 0.6 is 39.7 Å². The summed E-state index contributed by atoms with van der Waals surface area (Å²) < 4.78 is 0.886. The van der Waals surface area contributed by atoms with Gasteiger partial charge in [0.1, 0.15) is 5.82 Å². The van der Waals surface area contributed by atoms with Crippen LogP contribution in [0.4, 0.5) is 5.82 Å². The third kappa shape index (κ3) is 3.53. The highest BCUT2D eigenvalue weighted by atomic mass is 79.9. The Morgan fingerprint density at radius 2 is 2.35 bits per heavy atom. The van der Waals surface area contributed by atoms with Crippen molar-refractivity contribution in [1.82, 2.24) is 4.98 Å². The van der Waals surface area contributed by atoms with Gasteiger partial charge in [0, 0.05) is 29.7 Å². The minimum atomic E-state index is 0.531. The van der Waals surface area contributed by atoms with Crippen LogP contribution < -0.4 is 10.6 Å². The monoisotopic (exact) mass is 333 g/mol. The second-order valence-electron chi connectivity index (χ2n) is 4.10. The van der Waals surface area contributed by atoms with E-state index in [4.69, 9.17) is 29.6 Å². The average molecular weight is 335 g/mol. The summed E-state index contributed by atoms with van der Waals surface area (Å²) in [5.74, 6) is 0.827. The molecule has 3 nitrogen and oxygen atoms in total. The summed E-state index contributed by atoms with van der Waals surface area (Å²) in [6.07, 6.45) is 4.83. The molecule has 0 aliphatic heterocycles. The molecule has 2 rings (SSSR count). The molecule has 0 radical (unpaired) electrons. The maximum Gasteiger partial charge on any atom is 0.147 e. The number of nitrogens with zero attached hydrogens (tertiary/aromatic N) is 2. The summed E-state index contributed by atoms with van der Waals surface area (Å²) in [5.41, 5.74) is 5.55. The van der Waals surface area contributed by atoms with Crippen molar-refractivity contribution >= 4 is 50.6 Å². The van der Waals surface area contributed by atoms with Gasteiger partial charge in [-0.25, -0.2) is 4.98 Å². The Bertz CT molecular complexity index is 437. The minimum Gasteiger partial charge on any atom is -0.393 e. The molecule has 1 heterocycles. The summed E-state index contributed by atoms with van der Waals surface area (Å²) >= 11 is 14.5. The van der Waals surface area contributed by atoms with Crippen molar-refractivity contribution in [3.8, 4) is 0 Å². The Morgan fingerprint density at radius 1 is 1.65 bits per heavy atom. The summed E-state index contributed by atoms with van der Waals surface area (Å²) in [6.45, 7) is 0.786. The molecule has 0 bridgehead atoms. The van der Waals surface area contributed by atoms with Crippen LogP contribution in [0, 0.1) is 0 Å². The molecule has 0 spiro atoms. The Labute approximate surface area is 119 Å². The molecule has 0 unspecified atom stereocenters. The van der Waals surface area contributed by atoms with E-state index in [1.165, 1.54) is 12.8 Å². The lowest BCUT2D eigenvalue weighted by Gasteiger charge is -2.24. The van der Waals surface area contributed by atoms with Crippen LogP contribution in [0.25, 0.3) is 0 Å². The Kier molecular flexibility index (Phi) is 4.22. The van der Waals surface area contributed by atoms with E-state index in [9.17, 15) is 0 Å². The zero-order chi connectivity index (χ0) is 12.4. The van der Waals surface area contributed by atoms with Gasteiger partial charge < -0.3 is 10.6 Å². The van der Waals surface area contributed by atoms with Gasteiger partial charge in [0.25, 0.3) is 0 Å². The predicted octanol–water partition coefficient (Wildman–Crippen LogP) is 3.14. The Morgan fingerprint density at radius 3 is 2.88 bits per heavy atom. The minimum absolute atomic E-state index is 0.531. The molecule has 1 aliphatic rings. The molecule has 1 fully saturated rings. The first-order valence-electron chi connectivity index (χ1n) is 5.44. The van der Waals surface area contributed by atoms with E-state index in [1.807, 2.05) is 6.07 Å². The van der Waals surface area contributed by atoms with Gasteiger partial charge in [-0.15, -0.1) is 0 Å². The lowest BCUT2D eigenvalue weighted by atomic mass is 10.3. The van der Waals surface area contributed by atoms with Crippen molar-refractivity contribution in [2.24, 2.45) is 5.73 Å². The molecule has 0 aromatic carbocycles. The molecule has 2 N–H and O–H groups in total. The first-order chi connectivity index (χ1) is 8.08. The summed E-state index contributed by atoms with van der Waals surface area (Å²) in [4.78, 5) is 7.11. The molecule has 0 amide bonds. The third-order valence-electron chi connectivity index (χ3n) is 2.65. The molecular formula is C11H13BrClN3S. The lowest BCUT2D eigenvalue weighted by molar-refractivity contribution is 0.786. The molecule has 17 heavy (non-hydrogen) atoms. The molecule has 92 valence electrons. The highest BCUT2D eigenvalue weighted by molar-refractivity contribution is 9.10. The second kappa shape index (κ2) is 5.50. The fourth-order valence-corrected chi connectivity index (χ4v) is 2.53. The van der Waals surface area contributed by atoms with Crippen LogP contribution in [0.1, 0.15) is 19.3 Å². The van der Waals surface area contributed by atoms with Gasteiger partial charge in [-0.1, -0.05) is 23.8 Å². The zero-order valence-electron chi connectivity index (χ0n) is 9.20. The average Bonchev–Trinajstić information content (AvgIpc) is 3.04. The zero-order valence-corrected chi connectivity index (χ0v) is 12.4. The number of halogens is 2. The predicted molar refractivity (Wildman–Crippen MR) is 78.7 cm³/mol. The summed E-state index contributed by atoms with van der Waals surface area (Å²) in [5, 5.41) is 0.661. The van der Waals surface area contributed by atoms with Crippen LogP contribution in [0.2, 0.25) is 5.02 Å². The van der Waals surface area contributed by atoms with Crippen LogP contribution in [-0.4, -0.2) is 22.6 Å². The number of anilines is 1. The first-order valence-corrected chi connectivity index (χ1v) is 7.02. The first kappa shape index (κ1) is 13.1. The number of hydrogen-bond acceptors (Lipinski definition) is 3. The van der Waals surface area contributed by atoms with Crippen LogP contribution in [0.5, 0.6) is 0 Å². The van der Waals surface area contributed by atoms with E-state index in [0.717, 1.165) is 16.8 Å². The van der Waals surface area contributed by atoms with Gasteiger partial charge in [0.05, 0.1) is 10.0 Å². The van der Waals surface area contributed by atoms with Gasteiger partial charge >= 0.3 is 0 Å². The molecule has 1 saturated carbocycles. The van der Waals surface area contributed by atoms with Crippen molar-refractivity contribution in [3.63, 3.8) is 0 Å². The molecular weight excluding hydrogens is 322 g/mol. The van der Waals surface area contributed by atoms with E-state index >= 15 is 0 Å². The van der Waals surface area contributed by atoms with Gasteiger partial charge in [-0.3, -0.25) is 0 Å². The smallest absolute Gasteiger partial charge is 0.147 e. The number of aromatic nitrogens is 1. The summed E-state index contributed by atoms with van der Waals surface area (Å²) in [7, 11) is 0. The van der Waals surface area contributed by atoms with E-state index in [2.05, 4.69) is 25.8 Å². The van der Waals surface area contributed by atoms with Crippen LogP contribution in [0.3, 0.4) is 0 Å².